The van der Waals surface area contributed by atoms with Gasteiger partial charge in [0.1, 0.15) is 18.1 Å². The number of phenols is 1. The highest BCUT2D eigenvalue weighted by molar-refractivity contribution is 6.01. The highest BCUT2D eigenvalue weighted by Crippen LogP contribution is 2.29. The first-order valence-corrected chi connectivity index (χ1v) is 13.1. The van der Waals surface area contributed by atoms with Gasteiger partial charge in [0.25, 0.3) is 5.91 Å². The lowest BCUT2D eigenvalue weighted by Crippen LogP contribution is -2.50. The number of aromatic hydroxyl groups is 1. The maximum atomic E-state index is 13.5. The Morgan fingerprint density at radius 3 is 2.35 bits per heavy atom. The van der Waals surface area contributed by atoms with Crippen LogP contribution in [0.3, 0.4) is 0 Å². The van der Waals surface area contributed by atoms with Crippen LogP contribution in [0.1, 0.15) is 50.0 Å². The molecule has 0 aromatic heterocycles. The van der Waals surface area contributed by atoms with Crippen LogP contribution in [0.25, 0.3) is 0 Å². The van der Waals surface area contributed by atoms with Gasteiger partial charge in [-0.3, -0.25) is 19.2 Å². The number of anilines is 1. The number of rotatable bonds is 9. The number of hydrogen-bond donors (Lipinski definition) is 3. The van der Waals surface area contributed by atoms with Crippen LogP contribution in [0.4, 0.5) is 5.69 Å². The fourth-order valence-electron chi connectivity index (χ4n) is 4.28. The molecule has 214 valence electrons. The number of benzene rings is 2. The first-order valence-electron chi connectivity index (χ1n) is 13.1. The third-order valence-corrected chi connectivity index (χ3v) is 6.84. The minimum atomic E-state index is -1.46. The van der Waals surface area contributed by atoms with E-state index in [2.05, 4.69) is 10.6 Å². The number of para-hydroxylation sites is 1. The lowest BCUT2D eigenvalue weighted by Gasteiger charge is -2.30. The number of ether oxygens (including phenoxy) is 3. The minimum absolute atomic E-state index is 0.0116. The van der Waals surface area contributed by atoms with E-state index in [1.807, 2.05) is 37.3 Å². The summed E-state index contributed by atoms with van der Waals surface area (Å²) in [6.45, 7) is 6.45. The van der Waals surface area contributed by atoms with Gasteiger partial charge in [0, 0.05) is 0 Å². The molecular weight excluding hydrogens is 520 g/mol. The molecule has 40 heavy (non-hydrogen) atoms. The molecule has 1 saturated heterocycles. The number of carbonyl (C=O) groups excluding carboxylic acids is 5. The summed E-state index contributed by atoms with van der Waals surface area (Å²) in [4.78, 5) is 63.4. The molecule has 3 rings (SSSR count). The number of phenolic OH excluding ortho intramolecular Hbond substituents is 1. The number of carbonyl (C=O) groups is 5. The Bertz CT molecular complexity index is 1230. The average molecular weight is 555 g/mol. The Labute approximate surface area is 232 Å². The van der Waals surface area contributed by atoms with Crippen molar-refractivity contribution >= 4 is 35.9 Å². The van der Waals surface area contributed by atoms with Crippen molar-refractivity contribution in [2.24, 2.45) is 11.8 Å². The van der Waals surface area contributed by atoms with Crippen LogP contribution in [0.15, 0.2) is 48.5 Å². The predicted molar refractivity (Wildman–Crippen MR) is 143 cm³/mol. The Balaban J connectivity index is 1.93. The van der Waals surface area contributed by atoms with E-state index in [9.17, 15) is 29.1 Å². The van der Waals surface area contributed by atoms with Gasteiger partial charge < -0.3 is 30.0 Å². The Kier molecular flexibility index (Phi) is 10.2. The summed E-state index contributed by atoms with van der Waals surface area (Å²) in [6, 6.07) is 11.7. The van der Waals surface area contributed by atoms with Gasteiger partial charge in [0.05, 0.1) is 17.2 Å². The second-order valence-corrected chi connectivity index (χ2v) is 9.71. The molecule has 0 radical (unpaired) electrons. The Morgan fingerprint density at radius 1 is 1.02 bits per heavy atom. The van der Waals surface area contributed by atoms with E-state index in [0.29, 0.717) is 12.8 Å². The molecule has 0 saturated carbocycles. The van der Waals surface area contributed by atoms with Crippen LogP contribution in [0, 0.1) is 11.8 Å². The zero-order valence-electron chi connectivity index (χ0n) is 22.8. The monoisotopic (exact) mass is 554 g/mol. The maximum Gasteiger partial charge on any atom is 0.332 e. The molecule has 1 heterocycles. The van der Waals surface area contributed by atoms with Crippen LogP contribution in [0.2, 0.25) is 0 Å². The van der Waals surface area contributed by atoms with E-state index in [4.69, 9.17) is 14.2 Å². The summed E-state index contributed by atoms with van der Waals surface area (Å²) in [7, 11) is 0. The smallest absolute Gasteiger partial charge is 0.332 e. The summed E-state index contributed by atoms with van der Waals surface area (Å²) in [6.07, 6.45) is -2.42. The van der Waals surface area contributed by atoms with E-state index < -0.39 is 65.8 Å². The van der Waals surface area contributed by atoms with Gasteiger partial charge in [-0.2, -0.15) is 0 Å². The fraction of sp³-hybridized carbons (Fsp3) is 0.414. The van der Waals surface area contributed by atoms with Crippen molar-refractivity contribution in [2.75, 3.05) is 5.32 Å². The van der Waals surface area contributed by atoms with Gasteiger partial charge in [-0.1, -0.05) is 50.2 Å². The molecule has 0 unspecified atom stereocenters. The molecule has 2 amide bonds. The van der Waals surface area contributed by atoms with Crippen molar-refractivity contribution in [3.63, 3.8) is 0 Å². The Hall–Kier alpha value is -4.41. The molecule has 2 aromatic carbocycles. The van der Waals surface area contributed by atoms with Crippen LogP contribution < -0.4 is 10.6 Å². The molecule has 1 aliphatic heterocycles. The van der Waals surface area contributed by atoms with Crippen molar-refractivity contribution in [1.29, 1.82) is 0 Å². The summed E-state index contributed by atoms with van der Waals surface area (Å²) in [5, 5.41) is 15.1. The molecule has 0 aliphatic carbocycles. The SMILES string of the molecule is CC[C@@H](C)C(=O)O[C@H]1[C@H](C)OC(=O)[C@@H](NC(=O)c2cccc(NC=O)c2O)[C@@H](C)OC(=O)[C@@H]1Cc1ccccc1. The molecule has 0 bridgehead atoms. The maximum absolute atomic E-state index is 13.5. The predicted octanol–water partition coefficient (Wildman–Crippen LogP) is 2.75. The summed E-state index contributed by atoms with van der Waals surface area (Å²) >= 11 is 0. The lowest BCUT2D eigenvalue weighted by molar-refractivity contribution is -0.177. The van der Waals surface area contributed by atoms with Crippen LogP contribution in [0.5, 0.6) is 5.75 Å². The van der Waals surface area contributed by atoms with Gasteiger partial charge in [-0.15, -0.1) is 0 Å². The second-order valence-electron chi connectivity index (χ2n) is 9.71. The standard InChI is InChI=1S/C29H34N2O9/c1-5-16(2)27(35)40-25-18(4)39-29(37)23(31-26(34)20-12-9-13-22(24(20)33)30-15-32)17(3)38-28(36)21(25)14-19-10-7-6-8-11-19/h6-13,15-18,21,23,25,33H,5,14H2,1-4H3,(H,30,32)(H,31,34)/t16-,17-,18+,21-,23+,25+/m1/s1. The van der Waals surface area contributed by atoms with Crippen molar-refractivity contribution in [1.82, 2.24) is 5.32 Å². The van der Waals surface area contributed by atoms with E-state index in [0.717, 1.165) is 5.56 Å². The Morgan fingerprint density at radius 2 is 1.70 bits per heavy atom. The van der Waals surface area contributed by atoms with Crippen molar-refractivity contribution in [3.05, 3.63) is 59.7 Å². The quantitative estimate of drug-likeness (QED) is 0.183. The number of hydrogen-bond acceptors (Lipinski definition) is 9. The van der Waals surface area contributed by atoms with Crippen LogP contribution in [-0.4, -0.2) is 59.7 Å². The first kappa shape index (κ1) is 30.1. The number of cyclic esters (lactones) is 2. The molecule has 0 spiro atoms. The first-order chi connectivity index (χ1) is 19.1. The van der Waals surface area contributed by atoms with E-state index in [1.165, 1.54) is 32.0 Å². The second kappa shape index (κ2) is 13.6. The fourth-order valence-corrected chi connectivity index (χ4v) is 4.28. The van der Waals surface area contributed by atoms with Crippen LogP contribution in [-0.2, 0) is 39.8 Å². The third kappa shape index (κ3) is 7.16. The molecule has 2 aromatic rings. The molecule has 11 heteroatoms. The topological polar surface area (TPSA) is 157 Å². The number of nitrogens with one attached hydrogen (secondary N) is 2. The molecule has 6 atom stereocenters. The molecular formula is C29H34N2O9. The number of esters is 3. The van der Waals surface area contributed by atoms with E-state index in [-0.39, 0.29) is 17.7 Å². The zero-order valence-corrected chi connectivity index (χ0v) is 22.8. The van der Waals surface area contributed by atoms with Crippen molar-refractivity contribution < 1.29 is 43.3 Å². The van der Waals surface area contributed by atoms with E-state index in [1.54, 1.807) is 6.92 Å². The highest BCUT2D eigenvalue weighted by atomic mass is 16.6. The van der Waals surface area contributed by atoms with Gasteiger partial charge in [-0.25, -0.2) is 4.79 Å². The number of amides is 2. The van der Waals surface area contributed by atoms with Gasteiger partial charge in [0.15, 0.2) is 17.9 Å². The summed E-state index contributed by atoms with van der Waals surface area (Å²) in [5.74, 6) is -5.05. The van der Waals surface area contributed by atoms with Gasteiger partial charge in [0.2, 0.25) is 6.41 Å². The minimum Gasteiger partial charge on any atom is -0.505 e. The molecule has 1 aliphatic rings. The highest BCUT2D eigenvalue weighted by Gasteiger charge is 2.44. The lowest BCUT2D eigenvalue weighted by atomic mass is 9.91. The summed E-state index contributed by atoms with van der Waals surface area (Å²) in [5.41, 5.74) is 0.541. The van der Waals surface area contributed by atoms with Crippen molar-refractivity contribution in [3.8, 4) is 5.75 Å². The molecule has 1 fully saturated rings. The van der Waals surface area contributed by atoms with Crippen LogP contribution >= 0.6 is 0 Å². The normalized spacial score (nSPS) is 23.8. The van der Waals surface area contributed by atoms with Crippen molar-refractivity contribution in [2.45, 2.75) is 64.9 Å². The van der Waals surface area contributed by atoms with Gasteiger partial charge >= 0.3 is 17.9 Å². The average Bonchev–Trinajstić information content (AvgIpc) is 2.96. The molecule has 11 nitrogen and oxygen atoms in total. The third-order valence-electron chi connectivity index (χ3n) is 6.84. The summed E-state index contributed by atoms with van der Waals surface area (Å²) < 4.78 is 17.0. The van der Waals surface area contributed by atoms with E-state index >= 15 is 0 Å². The largest absolute Gasteiger partial charge is 0.505 e. The molecule has 3 N–H and O–H groups in total. The van der Waals surface area contributed by atoms with Gasteiger partial charge in [-0.05, 0) is 44.4 Å². The zero-order chi connectivity index (χ0) is 29.4.